The van der Waals surface area contributed by atoms with E-state index in [9.17, 15) is 14.7 Å². The smallest absolute Gasteiger partial charge is 0.233 e. The van der Waals surface area contributed by atoms with E-state index in [1.165, 1.54) is 14.0 Å². The van der Waals surface area contributed by atoms with Crippen LogP contribution in [0.1, 0.15) is 54.0 Å². The van der Waals surface area contributed by atoms with Crippen LogP contribution in [0.4, 0.5) is 11.6 Å². The molecule has 1 amide bonds. The summed E-state index contributed by atoms with van der Waals surface area (Å²) in [7, 11) is 1.50. The van der Waals surface area contributed by atoms with E-state index in [2.05, 4.69) is 15.8 Å². The predicted octanol–water partition coefficient (Wildman–Crippen LogP) is 4.61. The molecule has 5 rings (SSSR count). The van der Waals surface area contributed by atoms with E-state index in [0.29, 0.717) is 35.7 Å². The van der Waals surface area contributed by atoms with E-state index in [0.717, 1.165) is 28.1 Å². The number of amides is 1. The second kappa shape index (κ2) is 8.37. The number of ketones is 1. The van der Waals surface area contributed by atoms with Gasteiger partial charge in [0.2, 0.25) is 11.8 Å². The maximum absolute atomic E-state index is 13.6. The molecule has 0 saturated heterocycles. The Balaban J connectivity index is 1.55. The number of anilines is 2. The van der Waals surface area contributed by atoms with Gasteiger partial charge >= 0.3 is 0 Å². The van der Waals surface area contributed by atoms with Crippen LogP contribution < -0.4 is 15.4 Å². The number of methoxy groups -OCH3 is 1. The van der Waals surface area contributed by atoms with Crippen molar-refractivity contribution in [2.45, 2.75) is 38.5 Å². The lowest BCUT2D eigenvalue weighted by atomic mass is 9.72. The van der Waals surface area contributed by atoms with Crippen molar-refractivity contribution in [3.8, 4) is 11.5 Å². The second-order valence-electron chi connectivity index (χ2n) is 8.72. The molecule has 1 aliphatic carbocycles. The van der Waals surface area contributed by atoms with Crippen LogP contribution in [0.3, 0.4) is 0 Å². The Morgan fingerprint density at radius 3 is 2.62 bits per heavy atom. The van der Waals surface area contributed by atoms with Crippen LogP contribution in [0.15, 0.2) is 58.3 Å². The summed E-state index contributed by atoms with van der Waals surface area (Å²) in [5.74, 6) is 0.515. The van der Waals surface area contributed by atoms with Gasteiger partial charge in [-0.1, -0.05) is 23.4 Å². The van der Waals surface area contributed by atoms with Gasteiger partial charge in [0.05, 0.1) is 18.4 Å². The monoisotopic (exact) mass is 459 g/mol. The number of carbonyl (C=O) groups is 2. The number of rotatable bonds is 4. The number of hydrogen-bond donors (Lipinski definition) is 3. The van der Waals surface area contributed by atoms with Crippen molar-refractivity contribution in [1.29, 1.82) is 0 Å². The quantitative estimate of drug-likeness (QED) is 0.522. The third-order valence-corrected chi connectivity index (χ3v) is 6.50. The van der Waals surface area contributed by atoms with Crippen LogP contribution in [0, 0.1) is 6.92 Å². The lowest BCUT2D eigenvalue weighted by Gasteiger charge is -2.34. The Morgan fingerprint density at radius 2 is 1.91 bits per heavy atom. The molecule has 0 saturated carbocycles. The summed E-state index contributed by atoms with van der Waals surface area (Å²) < 4.78 is 10.8. The zero-order valence-corrected chi connectivity index (χ0v) is 19.1. The van der Waals surface area contributed by atoms with Crippen LogP contribution in [-0.4, -0.2) is 29.1 Å². The summed E-state index contributed by atoms with van der Waals surface area (Å²) in [5, 5.41) is 20.2. The number of nitrogens with zero attached hydrogens (tertiary/aromatic N) is 1. The molecule has 1 aromatic heterocycles. The Labute approximate surface area is 196 Å². The number of aryl methyl sites for hydroxylation is 1. The van der Waals surface area contributed by atoms with Crippen LogP contribution in [-0.2, 0) is 9.59 Å². The van der Waals surface area contributed by atoms with Gasteiger partial charge in [0, 0.05) is 36.2 Å². The molecule has 0 radical (unpaired) electrons. The zero-order valence-electron chi connectivity index (χ0n) is 19.1. The highest BCUT2D eigenvalue weighted by Gasteiger charge is 2.41. The fourth-order valence-electron chi connectivity index (χ4n) is 4.95. The average Bonchev–Trinajstić information content (AvgIpc) is 3.18. The molecular weight excluding hydrogens is 434 g/mol. The fraction of sp³-hybridized carbons (Fsp3) is 0.269. The number of fused-ring (bicyclic) bond motifs is 1. The van der Waals surface area contributed by atoms with E-state index in [1.807, 2.05) is 37.3 Å². The maximum Gasteiger partial charge on any atom is 0.233 e. The van der Waals surface area contributed by atoms with Gasteiger partial charge in [-0.25, -0.2) is 0 Å². The van der Waals surface area contributed by atoms with Gasteiger partial charge in [-0.15, -0.1) is 0 Å². The van der Waals surface area contributed by atoms with Crippen LogP contribution >= 0.6 is 0 Å². The highest BCUT2D eigenvalue weighted by atomic mass is 16.5. The first-order chi connectivity index (χ1) is 16.4. The Bertz CT molecular complexity index is 1320. The van der Waals surface area contributed by atoms with Gasteiger partial charge in [-0.05, 0) is 54.7 Å². The van der Waals surface area contributed by atoms with Gasteiger partial charge < -0.3 is 25.0 Å². The Kier molecular flexibility index (Phi) is 5.36. The molecule has 2 atom stereocenters. The van der Waals surface area contributed by atoms with Crippen LogP contribution in [0.5, 0.6) is 11.5 Å². The van der Waals surface area contributed by atoms with Gasteiger partial charge in [-0.2, -0.15) is 0 Å². The molecule has 0 unspecified atom stereocenters. The second-order valence-corrected chi connectivity index (χ2v) is 8.72. The van der Waals surface area contributed by atoms with Crippen molar-refractivity contribution in [3.05, 3.63) is 76.1 Å². The average molecular weight is 460 g/mol. The predicted molar refractivity (Wildman–Crippen MR) is 126 cm³/mol. The van der Waals surface area contributed by atoms with E-state index < -0.39 is 0 Å². The molecule has 2 aromatic carbocycles. The van der Waals surface area contributed by atoms with Crippen molar-refractivity contribution < 1.29 is 24.0 Å². The number of aromatic nitrogens is 1. The number of phenolic OH excluding ortho intramolecular Hbond substituents is 1. The molecule has 174 valence electrons. The summed E-state index contributed by atoms with van der Waals surface area (Å²) in [6, 6.07) is 12.7. The molecule has 8 heteroatoms. The number of benzene rings is 2. The number of hydrogen-bond acceptors (Lipinski definition) is 7. The molecule has 0 fully saturated rings. The van der Waals surface area contributed by atoms with Gasteiger partial charge in [0.1, 0.15) is 0 Å². The van der Waals surface area contributed by atoms with E-state index in [-0.39, 0.29) is 29.3 Å². The lowest BCUT2D eigenvalue weighted by Crippen LogP contribution is -2.29. The fourth-order valence-corrected chi connectivity index (χ4v) is 4.95. The molecule has 2 heterocycles. The molecule has 2 aliphatic rings. The molecule has 0 spiro atoms. The van der Waals surface area contributed by atoms with E-state index in [1.54, 1.807) is 12.1 Å². The SMILES string of the molecule is COc1cc([C@H]2CC(=O)C3=C(C2)Nc2onc(C)c2[C@@H]3c2ccc(NC(C)=O)cc2)ccc1O. The first-order valence-electron chi connectivity index (χ1n) is 11.1. The topological polar surface area (TPSA) is 114 Å². The summed E-state index contributed by atoms with van der Waals surface area (Å²) in [6.45, 7) is 3.33. The highest BCUT2D eigenvalue weighted by Crippen LogP contribution is 2.49. The molecule has 0 bridgehead atoms. The first kappa shape index (κ1) is 21.8. The number of nitrogens with one attached hydrogen (secondary N) is 2. The summed E-state index contributed by atoms with van der Waals surface area (Å²) in [6.07, 6.45) is 0.948. The molecule has 1 aliphatic heterocycles. The molecule has 8 nitrogen and oxygen atoms in total. The van der Waals surface area contributed by atoms with Gasteiger partial charge in [0.25, 0.3) is 0 Å². The largest absolute Gasteiger partial charge is 0.504 e. The Morgan fingerprint density at radius 1 is 1.18 bits per heavy atom. The lowest BCUT2D eigenvalue weighted by molar-refractivity contribution is -0.116. The molecule has 3 aromatic rings. The van der Waals surface area contributed by atoms with Crippen molar-refractivity contribution >= 4 is 23.3 Å². The maximum atomic E-state index is 13.6. The number of aromatic hydroxyl groups is 1. The third-order valence-electron chi connectivity index (χ3n) is 6.50. The summed E-state index contributed by atoms with van der Waals surface area (Å²) in [5.41, 5.74) is 5.65. The van der Waals surface area contributed by atoms with Gasteiger partial charge in [-0.3, -0.25) is 9.59 Å². The number of Topliss-reactive ketones (excluding diaryl/α,β-unsaturated/α-hetero) is 1. The summed E-state index contributed by atoms with van der Waals surface area (Å²) >= 11 is 0. The van der Waals surface area contributed by atoms with Crippen LogP contribution in [0.2, 0.25) is 0 Å². The van der Waals surface area contributed by atoms with Crippen molar-refractivity contribution in [1.82, 2.24) is 5.16 Å². The minimum absolute atomic E-state index is 0.0491. The highest BCUT2D eigenvalue weighted by molar-refractivity contribution is 6.01. The third kappa shape index (κ3) is 3.71. The minimum atomic E-state index is -0.313. The minimum Gasteiger partial charge on any atom is -0.504 e. The number of carbonyl (C=O) groups excluding carboxylic acids is 2. The van der Waals surface area contributed by atoms with E-state index in [4.69, 9.17) is 9.26 Å². The number of ether oxygens (including phenoxy) is 1. The number of allylic oxidation sites excluding steroid dienone is 2. The normalized spacial score (nSPS) is 19.2. The van der Waals surface area contributed by atoms with Crippen molar-refractivity contribution in [3.63, 3.8) is 0 Å². The van der Waals surface area contributed by atoms with Crippen molar-refractivity contribution in [2.75, 3.05) is 17.7 Å². The molecular formula is C26H25N3O5. The van der Waals surface area contributed by atoms with Gasteiger partial charge in [0.15, 0.2) is 17.3 Å². The van der Waals surface area contributed by atoms with E-state index >= 15 is 0 Å². The summed E-state index contributed by atoms with van der Waals surface area (Å²) in [4.78, 5) is 25.0. The molecule has 3 N–H and O–H groups in total. The standard InChI is InChI=1S/C26H25N3O5/c1-13-23-24(15-4-7-18(8-5-15)27-14(2)30)25-19(28-26(23)34-29-13)10-17(11-21(25)32)16-6-9-20(31)22(12-16)33-3/h4-9,12,17,24,28,31H,10-11H2,1-3H3,(H,27,30)/t17-,24+/m1/s1. The Hall–Kier alpha value is -4.07. The molecule has 34 heavy (non-hydrogen) atoms. The van der Waals surface area contributed by atoms with Crippen LogP contribution in [0.25, 0.3) is 0 Å². The number of phenols is 1. The zero-order chi connectivity index (χ0) is 24.0. The van der Waals surface area contributed by atoms with Crippen molar-refractivity contribution in [2.24, 2.45) is 0 Å². The first-order valence-corrected chi connectivity index (χ1v) is 11.1.